The van der Waals surface area contributed by atoms with Gasteiger partial charge in [-0.3, -0.25) is 9.69 Å². The Morgan fingerprint density at radius 2 is 1.69 bits per heavy atom. The number of aromatic nitrogens is 1. The molecule has 0 aliphatic carbocycles. The van der Waals surface area contributed by atoms with Crippen molar-refractivity contribution in [2.24, 2.45) is 0 Å². The van der Waals surface area contributed by atoms with Crippen LogP contribution >= 0.6 is 11.8 Å². The molecule has 0 fully saturated rings. The van der Waals surface area contributed by atoms with Crippen molar-refractivity contribution >= 4 is 39.7 Å². The molecule has 5 rings (SSSR count). The predicted octanol–water partition coefficient (Wildman–Crippen LogP) is 6.04. The highest BCUT2D eigenvalue weighted by Crippen LogP contribution is 2.41. The topological polar surface area (TPSA) is 62.1 Å². The molecule has 2 heterocycles. The Morgan fingerprint density at radius 3 is 2.59 bits per heavy atom. The number of nitrogens with one attached hydrogen (secondary N) is 1. The number of rotatable bonds is 2. The third-order valence-electron chi connectivity index (χ3n) is 5.23. The molecule has 4 aromatic rings. The van der Waals surface area contributed by atoms with Gasteiger partial charge in [0.2, 0.25) is 0 Å². The van der Waals surface area contributed by atoms with Crippen LogP contribution in [0.3, 0.4) is 0 Å². The van der Waals surface area contributed by atoms with Crippen LogP contribution in [-0.4, -0.2) is 15.1 Å². The number of amides is 1. The van der Waals surface area contributed by atoms with E-state index in [4.69, 9.17) is 5.73 Å². The molecule has 142 valence electrons. The Bertz CT molecular complexity index is 1240. The smallest absolute Gasteiger partial charge is 0.291 e. The van der Waals surface area contributed by atoms with E-state index < -0.39 is 0 Å². The van der Waals surface area contributed by atoms with Gasteiger partial charge in [0.1, 0.15) is 0 Å². The number of fused-ring (bicyclic) bond motifs is 2. The summed E-state index contributed by atoms with van der Waals surface area (Å²) < 4.78 is 0. The van der Waals surface area contributed by atoms with Gasteiger partial charge in [-0.1, -0.05) is 54.6 Å². The number of anilines is 1. The zero-order chi connectivity index (χ0) is 19.8. The van der Waals surface area contributed by atoms with Crippen molar-refractivity contribution in [3.63, 3.8) is 0 Å². The number of nitrogens with zero attached hydrogens (tertiary/aromatic N) is 1. The lowest BCUT2D eigenvalue weighted by Crippen LogP contribution is -2.30. The number of carbonyl (C=O) groups excluding carboxylic acids is 1. The number of nitrogens with two attached hydrogens (primary N) is 1. The first kappa shape index (κ1) is 17.6. The second-order valence-corrected chi connectivity index (χ2v) is 7.94. The summed E-state index contributed by atoms with van der Waals surface area (Å²) in [7, 11) is 0. The average molecular weight is 398 g/mol. The number of benzene rings is 3. The van der Waals surface area contributed by atoms with E-state index in [1.54, 1.807) is 4.90 Å². The first-order chi connectivity index (χ1) is 14.2. The molecule has 4 nitrogen and oxygen atoms in total. The molecule has 1 aromatic heterocycles. The van der Waals surface area contributed by atoms with Crippen LogP contribution in [-0.2, 0) is 0 Å². The Labute approximate surface area is 173 Å². The van der Waals surface area contributed by atoms with Crippen molar-refractivity contribution in [3.05, 3.63) is 102 Å². The van der Waals surface area contributed by atoms with Gasteiger partial charge in [0.05, 0.1) is 6.04 Å². The number of para-hydroxylation sites is 2. The monoisotopic (exact) mass is 397 g/mol. The van der Waals surface area contributed by atoms with Gasteiger partial charge in [0.15, 0.2) is 0 Å². The second-order valence-electron chi connectivity index (χ2n) is 6.95. The standard InChI is InChI=1S/C24H19N3OS/c25-20-10-4-6-12-22(20)29-24(28)27-14-13-16-7-1-2-8-17(16)23(27)19-15-26-21-11-5-3-9-18(19)21/h1-15,23,26H,25H2. The lowest BCUT2D eigenvalue weighted by Gasteiger charge is -2.33. The molecule has 0 saturated heterocycles. The van der Waals surface area contributed by atoms with Gasteiger partial charge < -0.3 is 10.7 Å². The Hall–Kier alpha value is -3.44. The maximum Gasteiger partial charge on any atom is 0.291 e. The summed E-state index contributed by atoms with van der Waals surface area (Å²) in [6, 6.07) is 23.6. The first-order valence-electron chi connectivity index (χ1n) is 9.40. The molecule has 0 saturated carbocycles. The van der Waals surface area contributed by atoms with E-state index in [2.05, 4.69) is 29.2 Å². The van der Waals surface area contributed by atoms with E-state index in [0.717, 1.165) is 44.3 Å². The van der Waals surface area contributed by atoms with Crippen molar-refractivity contribution in [2.75, 3.05) is 5.73 Å². The van der Waals surface area contributed by atoms with E-state index in [9.17, 15) is 4.79 Å². The zero-order valence-electron chi connectivity index (χ0n) is 15.6. The molecule has 0 spiro atoms. The van der Waals surface area contributed by atoms with Crippen molar-refractivity contribution < 1.29 is 4.79 Å². The van der Waals surface area contributed by atoms with Gasteiger partial charge in [0.25, 0.3) is 5.24 Å². The van der Waals surface area contributed by atoms with Crippen molar-refractivity contribution in [1.29, 1.82) is 0 Å². The largest absolute Gasteiger partial charge is 0.398 e. The number of H-pyrrole nitrogens is 1. The highest BCUT2D eigenvalue weighted by atomic mass is 32.2. The van der Waals surface area contributed by atoms with Crippen LogP contribution in [0.5, 0.6) is 0 Å². The molecule has 1 aliphatic heterocycles. The molecule has 29 heavy (non-hydrogen) atoms. The summed E-state index contributed by atoms with van der Waals surface area (Å²) in [5.74, 6) is 0. The average Bonchev–Trinajstić information content (AvgIpc) is 3.18. The van der Waals surface area contributed by atoms with Crippen molar-refractivity contribution in [3.8, 4) is 0 Å². The van der Waals surface area contributed by atoms with Crippen LogP contribution < -0.4 is 5.73 Å². The third kappa shape index (κ3) is 3.09. The fraction of sp³-hybridized carbons (Fsp3) is 0.0417. The van der Waals surface area contributed by atoms with Crippen molar-refractivity contribution in [2.45, 2.75) is 10.9 Å². The lowest BCUT2D eigenvalue weighted by molar-refractivity contribution is 0.231. The fourth-order valence-electron chi connectivity index (χ4n) is 3.83. The number of hydrogen-bond acceptors (Lipinski definition) is 3. The summed E-state index contributed by atoms with van der Waals surface area (Å²) in [4.78, 5) is 19.3. The van der Waals surface area contributed by atoms with Crippen LogP contribution in [0.2, 0.25) is 0 Å². The summed E-state index contributed by atoms with van der Waals surface area (Å²) in [5, 5.41) is 1.05. The molecule has 3 aromatic carbocycles. The molecule has 1 aliphatic rings. The van der Waals surface area contributed by atoms with E-state index in [1.807, 2.05) is 67.0 Å². The van der Waals surface area contributed by atoms with Crippen LogP contribution in [0, 0.1) is 0 Å². The summed E-state index contributed by atoms with van der Waals surface area (Å²) in [5.41, 5.74) is 11.0. The van der Waals surface area contributed by atoms with Crippen LogP contribution in [0.15, 0.2) is 90.1 Å². The summed E-state index contributed by atoms with van der Waals surface area (Å²) in [6.45, 7) is 0. The van der Waals surface area contributed by atoms with Gasteiger partial charge in [-0.2, -0.15) is 0 Å². The minimum Gasteiger partial charge on any atom is -0.398 e. The number of nitrogen functional groups attached to an aromatic ring is 1. The predicted molar refractivity (Wildman–Crippen MR) is 120 cm³/mol. The Kier molecular flexibility index (Phi) is 4.37. The molecule has 0 bridgehead atoms. The van der Waals surface area contributed by atoms with Gasteiger partial charge in [-0.05, 0) is 47.2 Å². The Balaban J connectivity index is 1.60. The molecular formula is C24H19N3OS. The van der Waals surface area contributed by atoms with Crippen molar-refractivity contribution in [1.82, 2.24) is 9.88 Å². The first-order valence-corrected chi connectivity index (χ1v) is 10.2. The van der Waals surface area contributed by atoms with Gasteiger partial charge in [-0.25, -0.2) is 0 Å². The SMILES string of the molecule is Nc1ccccc1SC(=O)N1C=Cc2ccccc2C1c1c[nH]c2ccccc12. The molecular weight excluding hydrogens is 378 g/mol. The van der Waals surface area contributed by atoms with Gasteiger partial charge in [0, 0.05) is 39.4 Å². The van der Waals surface area contributed by atoms with Crippen LogP contribution in [0.1, 0.15) is 22.7 Å². The van der Waals surface area contributed by atoms with Gasteiger partial charge >= 0.3 is 0 Å². The molecule has 0 radical (unpaired) electrons. The van der Waals surface area contributed by atoms with E-state index in [-0.39, 0.29) is 11.3 Å². The maximum absolute atomic E-state index is 13.3. The van der Waals surface area contributed by atoms with Gasteiger partial charge in [-0.15, -0.1) is 0 Å². The minimum atomic E-state index is -0.211. The Morgan fingerprint density at radius 1 is 0.931 bits per heavy atom. The minimum absolute atomic E-state index is 0.0658. The van der Waals surface area contributed by atoms with Crippen LogP contribution in [0.25, 0.3) is 17.0 Å². The molecule has 1 amide bonds. The third-order valence-corrected chi connectivity index (χ3v) is 6.20. The van der Waals surface area contributed by atoms with E-state index in [0.29, 0.717) is 5.69 Å². The number of aromatic amines is 1. The quantitative estimate of drug-likeness (QED) is 0.320. The zero-order valence-corrected chi connectivity index (χ0v) is 16.4. The summed E-state index contributed by atoms with van der Waals surface area (Å²) >= 11 is 1.16. The molecule has 3 N–H and O–H groups in total. The van der Waals surface area contributed by atoms with Crippen LogP contribution in [0.4, 0.5) is 10.5 Å². The number of hydrogen-bond donors (Lipinski definition) is 2. The number of carbonyl (C=O) groups is 1. The normalized spacial score (nSPS) is 15.4. The molecule has 1 unspecified atom stereocenters. The highest BCUT2D eigenvalue weighted by Gasteiger charge is 2.31. The highest BCUT2D eigenvalue weighted by molar-refractivity contribution is 8.13. The second kappa shape index (κ2) is 7.18. The fourth-order valence-corrected chi connectivity index (χ4v) is 4.62. The number of thioether (sulfide) groups is 1. The maximum atomic E-state index is 13.3. The molecule has 5 heteroatoms. The van der Waals surface area contributed by atoms with E-state index >= 15 is 0 Å². The van der Waals surface area contributed by atoms with E-state index in [1.165, 1.54) is 0 Å². The molecule has 1 atom stereocenters. The lowest BCUT2D eigenvalue weighted by atomic mass is 9.91. The summed E-state index contributed by atoms with van der Waals surface area (Å²) in [6.07, 6.45) is 5.88.